The summed E-state index contributed by atoms with van der Waals surface area (Å²) in [6.45, 7) is 4.72. The van der Waals surface area contributed by atoms with E-state index in [0.717, 1.165) is 18.5 Å². The summed E-state index contributed by atoms with van der Waals surface area (Å²) in [6, 6.07) is 10.4. The number of hydrogen-bond acceptors (Lipinski definition) is 3. The smallest absolute Gasteiger partial charge is 0.271 e. The molecule has 1 aromatic heterocycles. The first-order valence-electron chi connectivity index (χ1n) is 8.06. The van der Waals surface area contributed by atoms with E-state index in [-0.39, 0.29) is 11.9 Å². The van der Waals surface area contributed by atoms with Crippen molar-refractivity contribution < 1.29 is 4.79 Å². The van der Waals surface area contributed by atoms with E-state index in [0.29, 0.717) is 12.2 Å². The van der Waals surface area contributed by atoms with Gasteiger partial charge >= 0.3 is 0 Å². The topological polar surface area (TPSA) is 61.0 Å². The molecule has 2 rings (SSSR count). The maximum atomic E-state index is 12.3. The summed E-state index contributed by atoms with van der Waals surface area (Å²) < 4.78 is 0. The van der Waals surface area contributed by atoms with E-state index >= 15 is 0 Å². The van der Waals surface area contributed by atoms with E-state index in [1.165, 1.54) is 11.1 Å². The minimum Gasteiger partial charge on any atom is -0.349 e. The monoisotopic (exact) mass is 314 g/mol. The molecule has 0 bridgehead atoms. The summed E-state index contributed by atoms with van der Waals surface area (Å²) in [5.74, 6) is -0.137. The Bertz CT molecular complexity index is 631. The van der Waals surface area contributed by atoms with Crippen LogP contribution < -0.4 is 5.32 Å². The van der Waals surface area contributed by atoms with E-state index < -0.39 is 0 Å². The van der Waals surface area contributed by atoms with Crippen molar-refractivity contribution in [2.45, 2.75) is 32.7 Å². The number of aromatic nitrogens is 2. The highest BCUT2D eigenvalue weighted by molar-refractivity contribution is 5.92. The SMILES string of the molecule is CCCc1cc(C(=O)NC[C@@H](c2ccc(C)cc2)N(C)C)n[nH]1. The molecule has 0 saturated heterocycles. The van der Waals surface area contributed by atoms with Crippen LogP contribution in [0.2, 0.25) is 0 Å². The van der Waals surface area contributed by atoms with Gasteiger partial charge in [-0.15, -0.1) is 0 Å². The number of carbonyl (C=O) groups excluding carboxylic acids is 1. The average molecular weight is 314 g/mol. The Kier molecular flexibility index (Phi) is 5.93. The number of benzene rings is 1. The minimum absolute atomic E-state index is 0.133. The van der Waals surface area contributed by atoms with Crippen molar-refractivity contribution in [2.75, 3.05) is 20.6 Å². The van der Waals surface area contributed by atoms with Gasteiger partial charge in [-0.1, -0.05) is 43.2 Å². The number of H-pyrrole nitrogens is 1. The number of aryl methyl sites for hydroxylation is 2. The molecule has 0 saturated carbocycles. The van der Waals surface area contributed by atoms with Crippen LogP contribution in [0.3, 0.4) is 0 Å². The van der Waals surface area contributed by atoms with Gasteiger partial charge in [-0.05, 0) is 39.1 Å². The van der Waals surface area contributed by atoms with Crippen LogP contribution >= 0.6 is 0 Å². The molecule has 5 nitrogen and oxygen atoms in total. The molecular formula is C18H26N4O. The lowest BCUT2D eigenvalue weighted by atomic mass is 10.0. The van der Waals surface area contributed by atoms with Gasteiger partial charge in [-0.2, -0.15) is 5.10 Å². The third kappa shape index (κ3) is 4.66. The van der Waals surface area contributed by atoms with E-state index in [9.17, 15) is 4.79 Å². The van der Waals surface area contributed by atoms with Crippen LogP contribution in [-0.2, 0) is 6.42 Å². The molecule has 0 spiro atoms. The number of rotatable bonds is 7. The summed E-state index contributed by atoms with van der Waals surface area (Å²) in [6.07, 6.45) is 1.93. The third-order valence-corrected chi connectivity index (χ3v) is 3.92. The van der Waals surface area contributed by atoms with Crippen molar-refractivity contribution in [3.8, 4) is 0 Å². The zero-order valence-corrected chi connectivity index (χ0v) is 14.4. The highest BCUT2D eigenvalue weighted by atomic mass is 16.1. The fraction of sp³-hybridized carbons (Fsp3) is 0.444. The van der Waals surface area contributed by atoms with E-state index in [1.54, 1.807) is 0 Å². The molecule has 0 unspecified atom stereocenters. The molecule has 2 aromatic rings. The molecule has 0 aliphatic carbocycles. The predicted molar refractivity (Wildman–Crippen MR) is 92.5 cm³/mol. The van der Waals surface area contributed by atoms with Crippen molar-refractivity contribution in [1.82, 2.24) is 20.4 Å². The number of nitrogens with one attached hydrogen (secondary N) is 2. The molecule has 0 fully saturated rings. The van der Waals surface area contributed by atoms with Crippen LogP contribution in [0.15, 0.2) is 30.3 Å². The van der Waals surface area contributed by atoms with Crippen LogP contribution in [0.5, 0.6) is 0 Å². The zero-order valence-electron chi connectivity index (χ0n) is 14.4. The summed E-state index contributed by atoms with van der Waals surface area (Å²) in [7, 11) is 4.04. The van der Waals surface area contributed by atoms with Gasteiger partial charge in [-0.25, -0.2) is 0 Å². The Hall–Kier alpha value is -2.14. The van der Waals surface area contributed by atoms with Crippen LogP contribution in [0, 0.1) is 6.92 Å². The first-order valence-corrected chi connectivity index (χ1v) is 8.06. The maximum absolute atomic E-state index is 12.3. The molecule has 1 atom stereocenters. The number of aromatic amines is 1. The third-order valence-electron chi connectivity index (χ3n) is 3.92. The Morgan fingerprint density at radius 3 is 2.61 bits per heavy atom. The van der Waals surface area contributed by atoms with Gasteiger partial charge in [0.1, 0.15) is 5.69 Å². The van der Waals surface area contributed by atoms with Gasteiger partial charge in [0.15, 0.2) is 0 Å². The minimum atomic E-state index is -0.137. The van der Waals surface area contributed by atoms with Crippen molar-refractivity contribution in [1.29, 1.82) is 0 Å². The van der Waals surface area contributed by atoms with Gasteiger partial charge in [0.05, 0.1) is 6.04 Å². The summed E-state index contributed by atoms with van der Waals surface area (Å²) >= 11 is 0. The fourth-order valence-corrected chi connectivity index (χ4v) is 2.54. The largest absolute Gasteiger partial charge is 0.349 e. The Balaban J connectivity index is 2.00. The second-order valence-corrected chi connectivity index (χ2v) is 6.13. The molecule has 0 aliphatic heterocycles. The van der Waals surface area contributed by atoms with Gasteiger partial charge in [0, 0.05) is 12.2 Å². The zero-order chi connectivity index (χ0) is 16.8. The number of nitrogens with zero attached hydrogens (tertiary/aromatic N) is 2. The van der Waals surface area contributed by atoms with Gasteiger partial charge in [0.2, 0.25) is 0 Å². The normalized spacial score (nSPS) is 12.4. The fourth-order valence-electron chi connectivity index (χ4n) is 2.54. The lowest BCUT2D eigenvalue weighted by Gasteiger charge is -2.25. The molecule has 1 amide bonds. The Morgan fingerprint density at radius 2 is 2.00 bits per heavy atom. The van der Waals surface area contributed by atoms with Crippen LogP contribution in [0.1, 0.15) is 46.7 Å². The first kappa shape index (κ1) is 17.2. The molecule has 0 aliphatic rings. The van der Waals surface area contributed by atoms with Crippen molar-refractivity contribution >= 4 is 5.91 Å². The number of carbonyl (C=O) groups is 1. The second-order valence-electron chi connectivity index (χ2n) is 6.13. The van der Waals surface area contributed by atoms with E-state index in [2.05, 4.69) is 58.5 Å². The number of hydrogen-bond donors (Lipinski definition) is 2. The molecule has 23 heavy (non-hydrogen) atoms. The lowest BCUT2D eigenvalue weighted by Crippen LogP contribution is -2.34. The van der Waals surface area contributed by atoms with Gasteiger partial charge in [-0.3, -0.25) is 9.89 Å². The van der Waals surface area contributed by atoms with Gasteiger partial charge < -0.3 is 10.2 Å². The molecule has 1 aromatic carbocycles. The molecule has 124 valence electrons. The van der Waals surface area contributed by atoms with Crippen LogP contribution in [-0.4, -0.2) is 41.6 Å². The standard InChI is InChI=1S/C18H26N4O/c1-5-6-15-11-16(21-20-15)18(23)19-12-17(22(3)4)14-9-7-13(2)8-10-14/h7-11,17H,5-6,12H2,1-4H3,(H,19,23)(H,20,21)/t17-/m0/s1. The average Bonchev–Trinajstić information content (AvgIpc) is 2.98. The lowest BCUT2D eigenvalue weighted by molar-refractivity contribution is 0.0937. The second kappa shape index (κ2) is 7.92. The van der Waals surface area contributed by atoms with Crippen molar-refractivity contribution in [2.24, 2.45) is 0 Å². The molecule has 0 radical (unpaired) electrons. The van der Waals surface area contributed by atoms with Crippen molar-refractivity contribution in [3.63, 3.8) is 0 Å². The van der Waals surface area contributed by atoms with Crippen LogP contribution in [0.4, 0.5) is 0 Å². The summed E-state index contributed by atoms with van der Waals surface area (Å²) in [5, 5.41) is 9.99. The van der Waals surface area contributed by atoms with Gasteiger partial charge in [0.25, 0.3) is 5.91 Å². The van der Waals surface area contributed by atoms with Crippen LogP contribution in [0.25, 0.3) is 0 Å². The summed E-state index contributed by atoms with van der Waals surface area (Å²) in [4.78, 5) is 14.4. The molecule has 2 N–H and O–H groups in total. The van der Waals surface area contributed by atoms with Crippen molar-refractivity contribution in [3.05, 3.63) is 52.8 Å². The first-order chi connectivity index (χ1) is 11.0. The molecular weight excluding hydrogens is 288 g/mol. The highest BCUT2D eigenvalue weighted by Crippen LogP contribution is 2.18. The number of likely N-dealkylation sites (N-methyl/N-ethyl adjacent to an activating group) is 1. The summed E-state index contributed by atoms with van der Waals surface area (Å²) in [5.41, 5.74) is 3.88. The maximum Gasteiger partial charge on any atom is 0.271 e. The number of amides is 1. The Labute approximate surface area is 138 Å². The predicted octanol–water partition coefficient (Wildman–Crippen LogP) is 2.70. The van der Waals surface area contributed by atoms with E-state index in [1.807, 2.05) is 20.2 Å². The van der Waals surface area contributed by atoms with E-state index in [4.69, 9.17) is 0 Å². The highest BCUT2D eigenvalue weighted by Gasteiger charge is 2.17. The quantitative estimate of drug-likeness (QED) is 0.826. The Morgan fingerprint density at radius 1 is 1.30 bits per heavy atom. The molecule has 1 heterocycles. The molecule has 5 heteroatoms.